The van der Waals surface area contributed by atoms with E-state index in [0.717, 1.165) is 6.42 Å². The lowest BCUT2D eigenvalue weighted by Crippen LogP contribution is -2.31. The first-order valence-corrected chi connectivity index (χ1v) is 4.25. The Balaban J connectivity index is 2.40. The summed E-state index contributed by atoms with van der Waals surface area (Å²) in [4.78, 5) is 2.12. The fraction of sp³-hybridized carbons (Fsp3) is 1.00. The number of rotatable bonds is 2. The Bertz CT molecular complexity index is 119. The fourth-order valence-corrected chi connectivity index (χ4v) is 1.42. The van der Waals surface area contributed by atoms with Crippen molar-refractivity contribution in [3.05, 3.63) is 0 Å². The van der Waals surface area contributed by atoms with Crippen LogP contribution in [0.2, 0.25) is 0 Å². The van der Waals surface area contributed by atoms with Crippen molar-refractivity contribution in [2.45, 2.75) is 38.5 Å². The van der Waals surface area contributed by atoms with Crippen molar-refractivity contribution in [1.29, 1.82) is 0 Å². The van der Waals surface area contributed by atoms with Crippen LogP contribution in [0.1, 0.15) is 20.3 Å². The summed E-state index contributed by atoms with van der Waals surface area (Å²) in [5, 5.41) is 18.4. The SMILES string of the molecule is CCC(C)N1CC(O)C(O)C1. The summed E-state index contributed by atoms with van der Waals surface area (Å²) in [6.45, 7) is 5.47. The zero-order valence-corrected chi connectivity index (χ0v) is 7.20. The molecule has 1 saturated heterocycles. The summed E-state index contributed by atoms with van der Waals surface area (Å²) >= 11 is 0. The first-order valence-electron chi connectivity index (χ1n) is 4.25. The summed E-state index contributed by atoms with van der Waals surface area (Å²) in [7, 11) is 0. The lowest BCUT2D eigenvalue weighted by Gasteiger charge is -2.21. The second kappa shape index (κ2) is 3.52. The van der Waals surface area contributed by atoms with Gasteiger partial charge >= 0.3 is 0 Å². The van der Waals surface area contributed by atoms with Gasteiger partial charge in [0.25, 0.3) is 0 Å². The highest BCUT2D eigenvalue weighted by molar-refractivity contribution is 4.85. The van der Waals surface area contributed by atoms with E-state index in [2.05, 4.69) is 18.7 Å². The molecule has 1 aliphatic heterocycles. The van der Waals surface area contributed by atoms with E-state index in [0.29, 0.717) is 19.1 Å². The topological polar surface area (TPSA) is 43.7 Å². The summed E-state index contributed by atoms with van der Waals surface area (Å²) in [5.74, 6) is 0. The molecule has 3 unspecified atom stereocenters. The maximum absolute atomic E-state index is 9.22. The van der Waals surface area contributed by atoms with E-state index in [1.807, 2.05) is 0 Å². The zero-order chi connectivity index (χ0) is 8.43. The van der Waals surface area contributed by atoms with E-state index in [4.69, 9.17) is 0 Å². The average Bonchev–Trinajstić information content (AvgIpc) is 2.31. The zero-order valence-electron chi connectivity index (χ0n) is 7.20. The molecule has 0 saturated carbocycles. The van der Waals surface area contributed by atoms with Crippen molar-refractivity contribution in [3.8, 4) is 0 Å². The van der Waals surface area contributed by atoms with Crippen molar-refractivity contribution in [2.75, 3.05) is 13.1 Å². The van der Waals surface area contributed by atoms with E-state index < -0.39 is 12.2 Å². The average molecular weight is 159 g/mol. The van der Waals surface area contributed by atoms with Gasteiger partial charge in [-0.05, 0) is 13.3 Å². The fourth-order valence-electron chi connectivity index (χ4n) is 1.42. The number of β-amino-alcohol motifs (C(OH)–C–C–N with tert-alkyl or cyclic N) is 2. The Morgan fingerprint density at radius 2 is 1.82 bits per heavy atom. The van der Waals surface area contributed by atoms with E-state index in [1.165, 1.54) is 0 Å². The standard InChI is InChI=1S/C8H17NO2/c1-3-6(2)9-4-7(10)8(11)5-9/h6-8,10-11H,3-5H2,1-2H3. The summed E-state index contributed by atoms with van der Waals surface area (Å²) in [6, 6.07) is 0.474. The molecule has 3 nitrogen and oxygen atoms in total. The molecular formula is C8H17NO2. The van der Waals surface area contributed by atoms with E-state index in [9.17, 15) is 10.2 Å². The number of nitrogens with zero attached hydrogens (tertiary/aromatic N) is 1. The second-order valence-corrected chi connectivity index (χ2v) is 3.35. The van der Waals surface area contributed by atoms with Gasteiger partial charge in [0.1, 0.15) is 0 Å². The van der Waals surface area contributed by atoms with Crippen LogP contribution in [-0.2, 0) is 0 Å². The highest BCUT2D eigenvalue weighted by Crippen LogP contribution is 2.14. The number of likely N-dealkylation sites (tertiary alicyclic amines) is 1. The second-order valence-electron chi connectivity index (χ2n) is 3.35. The Morgan fingerprint density at radius 3 is 2.18 bits per heavy atom. The molecule has 0 aromatic rings. The van der Waals surface area contributed by atoms with Crippen LogP contribution >= 0.6 is 0 Å². The molecule has 0 aromatic heterocycles. The maximum Gasteiger partial charge on any atom is 0.0938 e. The molecule has 66 valence electrons. The third-order valence-electron chi connectivity index (χ3n) is 2.50. The summed E-state index contributed by atoms with van der Waals surface area (Å²) < 4.78 is 0. The van der Waals surface area contributed by atoms with Crippen LogP contribution in [0.5, 0.6) is 0 Å². The molecule has 2 N–H and O–H groups in total. The molecular weight excluding hydrogens is 142 g/mol. The summed E-state index contributed by atoms with van der Waals surface area (Å²) in [6.07, 6.45) is -0.00704. The molecule has 1 fully saturated rings. The van der Waals surface area contributed by atoms with Crippen molar-refractivity contribution in [1.82, 2.24) is 4.90 Å². The summed E-state index contributed by atoms with van der Waals surface area (Å²) in [5.41, 5.74) is 0. The van der Waals surface area contributed by atoms with Gasteiger partial charge in [0.2, 0.25) is 0 Å². The Morgan fingerprint density at radius 1 is 1.36 bits per heavy atom. The molecule has 3 heteroatoms. The van der Waals surface area contributed by atoms with Crippen LogP contribution < -0.4 is 0 Å². The molecule has 1 heterocycles. The van der Waals surface area contributed by atoms with Crippen molar-refractivity contribution >= 4 is 0 Å². The lowest BCUT2D eigenvalue weighted by molar-refractivity contribution is 0.0572. The van der Waals surface area contributed by atoms with E-state index in [1.54, 1.807) is 0 Å². The van der Waals surface area contributed by atoms with Crippen molar-refractivity contribution < 1.29 is 10.2 Å². The maximum atomic E-state index is 9.22. The van der Waals surface area contributed by atoms with Gasteiger partial charge in [-0.3, -0.25) is 4.90 Å². The number of aliphatic hydroxyl groups is 2. The molecule has 0 amide bonds. The molecule has 0 spiro atoms. The van der Waals surface area contributed by atoms with Gasteiger partial charge in [0.05, 0.1) is 12.2 Å². The van der Waals surface area contributed by atoms with Crippen LogP contribution in [0.4, 0.5) is 0 Å². The van der Waals surface area contributed by atoms with Gasteiger partial charge in [-0.1, -0.05) is 6.92 Å². The minimum Gasteiger partial charge on any atom is -0.389 e. The first kappa shape index (κ1) is 8.97. The Hall–Kier alpha value is -0.120. The van der Waals surface area contributed by atoms with Crippen LogP contribution in [0.25, 0.3) is 0 Å². The lowest BCUT2D eigenvalue weighted by atomic mass is 10.2. The highest BCUT2D eigenvalue weighted by atomic mass is 16.3. The third kappa shape index (κ3) is 1.92. The quantitative estimate of drug-likeness (QED) is 0.587. The normalized spacial score (nSPS) is 36.0. The van der Waals surface area contributed by atoms with Gasteiger partial charge in [-0.25, -0.2) is 0 Å². The van der Waals surface area contributed by atoms with Gasteiger partial charge in [-0.2, -0.15) is 0 Å². The molecule has 1 rings (SSSR count). The van der Waals surface area contributed by atoms with Crippen molar-refractivity contribution in [2.24, 2.45) is 0 Å². The van der Waals surface area contributed by atoms with E-state index >= 15 is 0 Å². The van der Waals surface area contributed by atoms with Crippen LogP contribution in [0.15, 0.2) is 0 Å². The molecule has 3 atom stereocenters. The Kier molecular flexibility index (Phi) is 2.87. The van der Waals surface area contributed by atoms with E-state index in [-0.39, 0.29) is 0 Å². The minimum atomic E-state index is -0.538. The monoisotopic (exact) mass is 159 g/mol. The van der Waals surface area contributed by atoms with Crippen LogP contribution in [0, 0.1) is 0 Å². The largest absolute Gasteiger partial charge is 0.389 e. The first-order chi connectivity index (χ1) is 5.15. The molecule has 0 aromatic carbocycles. The number of aliphatic hydroxyl groups excluding tert-OH is 2. The highest BCUT2D eigenvalue weighted by Gasteiger charge is 2.31. The molecule has 1 aliphatic rings. The van der Waals surface area contributed by atoms with Gasteiger partial charge < -0.3 is 10.2 Å². The Labute approximate surface area is 67.6 Å². The molecule has 0 radical (unpaired) electrons. The number of hydrogen-bond acceptors (Lipinski definition) is 3. The van der Waals surface area contributed by atoms with Crippen LogP contribution in [-0.4, -0.2) is 46.5 Å². The van der Waals surface area contributed by atoms with Gasteiger partial charge in [0, 0.05) is 19.1 Å². The van der Waals surface area contributed by atoms with Gasteiger partial charge in [0.15, 0.2) is 0 Å². The predicted octanol–water partition coefficient (Wildman–Crippen LogP) is -0.178. The molecule has 11 heavy (non-hydrogen) atoms. The third-order valence-corrected chi connectivity index (χ3v) is 2.50. The van der Waals surface area contributed by atoms with Crippen LogP contribution in [0.3, 0.4) is 0 Å². The van der Waals surface area contributed by atoms with Crippen molar-refractivity contribution in [3.63, 3.8) is 0 Å². The molecule has 0 aliphatic carbocycles. The van der Waals surface area contributed by atoms with Gasteiger partial charge in [-0.15, -0.1) is 0 Å². The smallest absolute Gasteiger partial charge is 0.0938 e. The number of hydrogen-bond donors (Lipinski definition) is 2. The molecule has 0 bridgehead atoms. The predicted molar refractivity (Wildman–Crippen MR) is 43.3 cm³/mol. The minimum absolute atomic E-state index is 0.474.